The first kappa shape index (κ1) is 48.2. The Morgan fingerprint density at radius 2 is 1.06 bits per heavy atom. The van der Waals surface area contributed by atoms with E-state index < -0.39 is 25.1 Å². The van der Waals surface area contributed by atoms with Crippen molar-refractivity contribution in [2.75, 3.05) is 50.9 Å². The molecule has 0 saturated heterocycles. The third-order valence-corrected chi connectivity index (χ3v) is 11.7. The molecule has 0 fully saturated rings. The van der Waals surface area contributed by atoms with Gasteiger partial charge in [0.05, 0.1) is 0 Å². The lowest BCUT2D eigenvalue weighted by Crippen LogP contribution is -2.44. The van der Waals surface area contributed by atoms with Crippen LogP contribution in [0.4, 0.5) is 0 Å². The molecule has 0 aromatic heterocycles. The number of rotatable bonds is 31. The third-order valence-electron chi connectivity index (χ3n) is 7.12. The van der Waals surface area contributed by atoms with Crippen LogP contribution in [0.15, 0.2) is 0 Å². The average molecular weight is 764 g/mol. The van der Waals surface area contributed by atoms with Crippen LogP contribution in [0.2, 0.25) is 0 Å². The van der Waals surface area contributed by atoms with Gasteiger partial charge in [0.15, 0.2) is 0 Å². The second kappa shape index (κ2) is 28.8. The summed E-state index contributed by atoms with van der Waals surface area (Å²) >= 11 is 1.80. The monoisotopic (exact) mass is 763 g/mol. The molecule has 0 heterocycles. The summed E-state index contributed by atoms with van der Waals surface area (Å²) in [4.78, 5) is 73.7. The Morgan fingerprint density at radius 1 is 0.600 bits per heavy atom. The molecule has 0 aromatic rings. The van der Waals surface area contributed by atoms with Crippen molar-refractivity contribution in [1.82, 2.24) is 15.5 Å². The van der Waals surface area contributed by atoms with Crippen molar-refractivity contribution < 1.29 is 38.6 Å². The van der Waals surface area contributed by atoms with Crippen molar-refractivity contribution in [3.63, 3.8) is 0 Å². The topological polar surface area (TPSA) is 159 Å². The number of unbranched alkanes of at least 4 members (excludes halogenated alkanes) is 6. The number of ketones is 2. The van der Waals surface area contributed by atoms with Crippen LogP contribution in [0.3, 0.4) is 0 Å². The van der Waals surface area contributed by atoms with Crippen LogP contribution in [0.5, 0.6) is 0 Å². The molecule has 0 spiro atoms. The number of carboxylic acids is 1. The van der Waals surface area contributed by atoms with Crippen molar-refractivity contribution in [2.24, 2.45) is 0 Å². The van der Waals surface area contributed by atoms with Crippen LogP contribution in [-0.2, 0) is 33.5 Å². The van der Waals surface area contributed by atoms with Gasteiger partial charge in [0.1, 0.15) is 24.8 Å². The summed E-state index contributed by atoms with van der Waals surface area (Å²) in [5.41, 5.74) is 0. The minimum Gasteiger partial charge on any atom is -0.480 e. The lowest BCUT2D eigenvalue weighted by molar-refractivity contribution is -0.146. The Hall–Kier alpha value is -1.77. The number of nitrogens with one attached hydrogen (secondary N) is 2. The van der Waals surface area contributed by atoms with E-state index >= 15 is 0 Å². The molecule has 0 aromatic carbocycles. The fourth-order valence-electron chi connectivity index (χ4n) is 4.53. The summed E-state index contributed by atoms with van der Waals surface area (Å²) in [7, 11) is 3.54. The zero-order valence-electron chi connectivity index (χ0n) is 31.5. The van der Waals surface area contributed by atoms with Crippen LogP contribution in [-0.4, -0.2) is 106 Å². The van der Waals surface area contributed by atoms with E-state index in [0.717, 1.165) is 50.0 Å². The maximum Gasteiger partial charge on any atom is 0.329 e. The zero-order chi connectivity index (χ0) is 37.8. The van der Waals surface area contributed by atoms with E-state index in [0.29, 0.717) is 57.1 Å². The summed E-state index contributed by atoms with van der Waals surface area (Å²) in [5.74, 6) is 0.400. The number of carbonyl (C=O) groups excluding carboxylic acids is 5. The molecule has 0 saturated carbocycles. The van der Waals surface area contributed by atoms with Gasteiger partial charge in [-0.05, 0) is 25.7 Å². The van der Waals surface area contributed by atoms with Gasteiger partial charge in [-0.15, -0.1) is 0 Å². The van der Waals surface area contributed by atoms with E-state index in [1.807, 2.05) is 0 Å². The lowest BCUT2D eigenvalue weighted by atomic mass is 10.1. The lowest BCUT2D eigenvalue weighted by Gasteiger charge is -2.23. The maximum absolute atomic E-state index is 12.7. The standard InChI is InChI=1S/C36H65N3O8S3/c1-35(2,3)48-25-19-29(40)15-11-7-9-13-17-31(42)37-21-23-39(33(44)27-47-28-34(45)46)24-22-38-32(43)18-14-10-8-12-16-30(41)20-26-49-50-36(4,5)6/h7-28H2,1-6H3,(H,37,42)(H,38,43)(H,45,46). The molecule has 11 nitrogen and oxygen atoms in total. The van der Waals surface area contributed by atoms with Crippen molar-refractivity contribution in [3.8, 4) is 0 Å². The van der Waals surface area contributed by atoms with Crippen molar-refractivity contribution in [1.29, 1.82) is 0 Å². The van der Waals surface area contributed by atoms with Gasteiger partial charge in [-0.1, -0.05) is 88.8 Å². The van der Waals surface area contributed by atoms with Gasteiger partial charge in [-0.25, -0.2) is 4.79 Å². The Labute approximate surface area is 313 Å². The maximum atomic E-state index is 12.7. The van der Waals surface area contributed by atoms with Crippen LogP contribution in [0.25, 0.3) is 0 Å². The molecule has 3 amide bonds. The minimum absolute atomic E-state index is 0.123. The Balaban J connectivity index is 4.25. The molecular weight excluding hydrogens is 699 g/mol. The van der Waals surface area contributed by atoms with Gasteiger partial charge in [-0.2, -0.15) is 11.8 Å². The highest BCUT2D eigenvalue weighted by Gasteiger charge is 2.16. The summed E-state index contributed by atoms with van der Waals surface area (Å²) in [6.45, 7) is 12.7. The van der Waals surface area contributed by atoms with E-state index in [1.54, 1.807) is 33.3 Å². The summed E-state index contributed by atoms with van der Waals surface area (Å²) in [6.07, 6.45) is 9.66. The average Bonchev–Trinajstić information content (AvgIpc) is 3.00. The Morgan fingerprint density at radius 3 is 1.50 bits per heavy atom. The quantitative estimate of drug-likeness (QED) is 0.0526. The van der Waals surface area contributed by atoms with Crippen molar-refractivity contribution in [3.05, 3.63) is 0 Å². The molecule has 3 N–H and O–H groups in total. The largest absolute Gasteiger partial charge is 0.480 e. The number of carbonyl (C=O) groups is 6. The van der Waals surface area contributed by atoms with Gasteiger partial charge < -0.3 is 25.4 Å². The van der Waals surface area contributed by atoms with Crippen LogP contribution >= 0.6 is 33.3 Å². The van der Waals surface area contributed by atoms with Gasteiger partial charge in [0.2, 0.25) is 17.7 Å². The van der Waals surface area contributed by atoms with E-state index in [2.05, 4.69) is 52.2 Å². The highest BCUT2D eigenvalue weighted by atomic mass is 33.1. The molecular formula is C36H65N3O8S3. The number of nitrogens with zero attached hydrogens (tertiary/aromatic N) is 1. The molecule has 0 aliphatic rings. The van der Waals surface area contributed by atoms with Crippen LogP contribution in [0, 0.1) is 0 Å². The minimum atomic E-state index is -1.18. The molecule has 0 radical (unpaired) electrons. The number of hydrogen-bond acceptors (Lipinski definition) is 10. The first-order valence-electron chi connectivity index (χ1n) is 18.1. The Kier molecular flexibility index (Phi) is 27.8. The van der Waals surface area contributed by atoms with Gasteiger partial charge in [0.25, 0.3) is 0 Å². The number of amides is 3. The number of hydrogen-bond donors (Lipinski definition) is 3. The van der Waals surface area contributed by atoms with E-state index in [9.17, 15) is 28.8 Å². The number of thioether (sulfide) groups is 1. The SMILES string of the molecule is CC(C)(C)SCCC(=O)CCCCCCC(=O)NCCN(CCNC(=O)CCCCCCC(=O)CCSSC(C)(C)C)C(=O)COCC(=O)O. The number of Topliss-reactive ketones (excluding diaryl/α,β-unsaturated/α-hetero) is 2. The predicted molar refractivity (Wildman–Crippen MR) is 208 cm³/mol. The van der Waals surface area contributed by atoms with E-state index in [-0.39, 0.29) is 53.3 Å². The van der Waals surface area contributed by atoms with Crippen LogP contribution in [0.1, 0.15) is 131 Å². The molecule has 0 rings (SSSR count). The molecule has 14 heteroatoms. The van der Waals surface area contributed by atoms with Gasteiger partial charge >= 0.3 is 5.97 Å². The summed E-state index contributed by atoms with van der Waals surface area (Å²) < 4.78 is 5.30. The predicted octanol–water partition coefficient (Wildman–Crippen LogP) is 6.46. The number of aliphatic carboxylic acids is 1. The molecule has 290 valence electrons. The first-order valence-corrected chi connectivity index (χ1v) is 21.4. The van der Waals surface area contributed by atoms with Gasteiger partial charge in [-0.3, -0.25) is 24.0 Å². The molecule has 0 aliphatic carbocycles. The van der Waals surface area contributed by atoms with Crippen LogP contribution < -0.4 is 10.6 Å². The summed E-state index contributed by atoms with van der Waals surface area (Å²) in [5, 5.41) is 14.4. The molecule has 0 aliphatic heterocycles. The second-order valence-corrected chi connectivity index (χ2v) is 19.5. The van der Waals surface area contributed by atoms with E-state index in [4.69, 9.17) is 9.84 Å². The fraction of sp³-hybridized carbons (Fsp3) is 0.833. The molecule has 0 atom stereocenters. The smallest absolute Gasteiger partial charge is 0.329 e. The molecule has 0 bridgehead atoms. The van der Waals surface area contributed by atoms with Gasteiger partial charge in [0, 0.05) is 85.7 Å². The fourth-order valence-corrected chi connectivity index (χ4v) is 7.78. The van der Waals surface area contributed by atoms with Crippen molar-refractivity contribution in [2.45, 2.75) is 141 Å². The molecule has 0 unspecified atom stereocenters. The molecule has 50 heavy (non-hydrogen) atoms. The Bertz CT molecular complexity index is 1020. The number of ether oxygens (including phenoxy) is 1. The van der Waals surface area contributed by atoms with Crippen molar-refractivity contribution >= 4 is 68.6 Å². The normalized spacial score (nSPS) is 11.6. The second-order valence-electron chi connectivity index (χ2n) is 14.4. The van der Waals surface area contributed by atoms with E-state index in [1.165, 1.54) is 4.90 Å². The highest BCUT2D eigenvalue weighted by molar-refractivity contribution is 8.77. The number of carboxylic acid groups (broad SMARTS) is 1. The zero-order valence-corrected chi connectivity index (χ0v) is 34.0. The third kappa shape index (κ3) is 33.4. The summed E-state index contributed by atoms with van der Waals surface area (Å²) in [6, 6.07) is 0. The first-order chi connectivity index (χ1) is 23.5. The highest BCUT2D eigenvalue weighted by Crippen LogP contribution is 2.35.